The zero-order valence-corrected chi connectivity index (χ0v) is 45.9. The molecule has 0 heterocycles. The second kappa shape index (κ2) is 59.4. The molecule has 0 rings (SSSR count). The Morgan fingerprint density at radius 1 is 0.368 bits per heavy atom. The molecule has 68 heavy (non-hydrogen) atoms. The molecule has 0 radical (unpaired) electrons. The standard InChI is InChI=1S/C64H119NO3/c1-3-5-7-9-11-13-15-17-19-20-21-22-23-24-25-26-27-28-29-30-31-32-33-34-35-36-37-38-39-40-41-42-43-44-46-48-50-52-54-56-58-60-64(68)65-62(61-66)63(67)59-57-55-53-51-49-47-45-18-16-14-12-10-8-6-4-2/h5,7,11,13,17,19,21-22,57,59,62-63,66-67H,3-4,6,8-10,12,14-16,18,20,23-56,58,60-61H2,1-2H3,(H,65,68)/b7-5-,13-11-,19-17-,22-21-,59-57+. The molecule has 0 saturated carbocycles. The second-order valence-corrected chi connectivity index (χ2v) is 20.7. The lowest BCUT2D eigenvalue weighted by Crippen LogP contribution is -2.45. The highest BCUT2D eigenvalue weighted by atomic mass is 16.3. The molecule has 0 aromatic heterocycles. The van der Waals surface area contributed by atoms with Crippen LogP contribution in [0.3, 0.4) is 0 Å². The van der Waals surface area contributed by atoms with Gasteiger partial charge in [0, 0.05) is 6.42 Å². The largest absolute Gasteiger partial charge is 0.394 e. The van der Waals surface area contributed by atoms with E-state index in [0.717, 1.165) is 51.4 Å². The number of allylic oxidation sites excluding steroid dienone is 9. The minimum atomic E-state index is -0.837. The monoisotopic (exact) mass is 950 g/mol. The molecule has 0 aromatic carbocycles. The Labute approximate surface area is 426 Å². The summed E-state index contributed by atoms with van der Waals surface area (Å²) in [7, 11) is 0. The Morgan fingerprint density at radius 3 is 0.971 bits per heavy atom. The lowest BCUT2D eigenvalue weighted by atomic mass is 10.0. The summed E-state index contributed by atoms with van der Waals surface area (Å²) < 4.78 is 0. The lowest BCUT2D eigenvalue weighted by molar-refractivity contribution is -0.123. The summed E-state index contributed by atoms with van der Waals surface area (Å²) >= 11 is 0. The SMILES string of the molecule is CC/C=C\C/C=C\C/C=C\C/C=C\CCCCCCCCCCCCCCCCCCCCCCCCCCCCCCC(=O)NC(CO)C(O)/C=C/CCCCCCCCCCCCCCC. The maximum absolute atomic E-state index is 12.5. The Hall–Kier alpha value is -1.91. The summed E-state index contributed by atoms with van der Waals surface area (Å²) in [5, 5.41) is 23.1. The van der Waals surface area contributed by atoms with Crippen LogP contribution in [-0.4, -0.2) is 34.9 Å². The summed E-state index contributed by atoms with van der Waals surface area (Å²) in [6.07, 6.45) is 84.2. The van der Waals surface area contributed by atoms with Crippen molar-refractivity contribution in [3.63, 3.8) is 0 Å². The van der Waals surface area contributed by atoms with Gasteiger partial charge < -0.3 is 15.5 Å². The number of aliphatic hydroxyl groups is 2. The van der Waals surface area contributed by atoms with Crippen LogP contribution < -0.4 is 5.32 Å². The van der Waals surface area contributed by atoms with Gasteiger partial charge in [-0.15, -0.1) is 0 Å². The summed E-state index contributed by atoms with van der Waals surface area (Å²) in [5.41, 5.74) is 0. The zero-order chi connectivity index (χ0) is 49.2. The Bertz CT molecular complexity index is 1120. The lowest BCUT2D eigenvalue weighted by Gasteiger charge is -2.20. The molecule has 0 aliphatic rings. The predicted octanol–water partition coefficient (Wildman–Crippen LogP) is 20.4. The molecule has 3 N–H and O–H groups in total. The molecule has 0 bridgehead atoms. The minimum absolute atomic E-state index is 0.0588. The second-order valence-electron chi connectivity index (χ2n) is 20.7. The van der Waals surface area contributed by atoms with E-state index in [-0.39, 0.29) is 12.5 Å². The molecule has 0 spiro atoms. The molecule has 1 amide bonds. The van der Waals surface area contributed by atoms with Crippen molar-refractivity contribution in [3.05, 3.63) is 60.8 Å². The average Bonchev–Trinajstić information content (AvgIpc) is 3.34. The van der Waals surface area contributed by atoms with Crippen molar-refractivity contribution in [1.29, 1.82) is 0 Å². The number of nitrogens with one attached hydrogen (secondary N) is 1. The van der Waals surface area contributed by atoms with E-state index >= 15 is 0 Å². The number of hydrogen-bond acceptors (Lipinski definition) is 3. The summed E-state index contributed by atoms with van der Waals surface area (Å²) in [4.78, 5) is 12.5. The highest BCUT2D eigenvalue weighted by molar-refractivity contribution is 5.76. The van der Waals surface area contributed by atoms with E-state index in [1.165, 1.54) is 250 Å². The van der Waals surface area contributed by atoms with Crippen molar-refractivity contribution >= 4 is 5.91 Å². The van der Waals surface area contributed by atoms with E-state index in [1.54, 1.807) is 6.08 Å². The van der Waals surface area contributed by atoms with Crippen molar-refractivity contribution in [2.75, 3.05) is 6.61 Å². The number of carbonyl (C=O) groups excluding carboxylic acids is 1. The van der Waals surface area contributed by atoms with Gasteiger partial charge in [-0.3, -0.25) is 4.79 Å². The fourth-order valence-corrected chi connectivity index (χ4v) is 9.41. The first-order valence-electron chi connectivity index (χ1n) is 30.5. The normalized spacial score (nSPS) is 13.2. The van der Waals surface area contributed by atoms with Gasteiger partial charge in [0.05, 0.1) is 18.8 Å². The average molecular weight is 951 g/mol. The number of hydrogen-bond donors (Lipinski definition) is 3. The fourth-order valence-electron chi connectivity index (χ4n) is 9.41. The van der Waals surface area contributed by atoms with Gasteiger partial charge in [-0.1, -0.05) is 319 Å². The molecular weight excluding hydrogens is 831 g/mol. The van der Waals surface area contributed by atoms with Crippen LogP contribution in [0.4, 0.5) is 0 Å². The first-order valence-corrected chi connectivity index (χ1v) is 30.5. The van der Waals surface area contributed by atoms with Gasteiger partial charge >= 0.3 is 0 Å². The van der Waals surface area contributed by atoms with Gasteiger partial charge in [0.15, 0.2) is 0 Å². The smallest absolute Gasteiger partial charge is 0.220 e. The molecule has 398 valence electrons. The van der Waals surface area contributed by atoms with E-state index in [2.05, 4.69) is 67.8 Å². The predicted molar refractivity (Wildman–Crippen MR) is 304 cm³/mol. The Balaban J connectivity index is 3.38. The van der Waals surface area contributed by atoms with Gasteiger partial charge in [-0.25, -0.2) is 0 Å². The Morgan fingerprint density at radius 2 is 0.647 bits per heavy atom. The maximum atomic E-state index is 12.5. The molecule has 4 nitrogen and oxygen atoms in total. The number of carbonyl (C=O) groups is 1. The summed E-state index contributed by atoms with van der Waals surface area (Å²) in [5.74, 6) is -0.0588. The van der Waals surface area contributed by atoms with Crippen molar-refractivity contribution in [3.8, 4) is 0 Å². The topological polar surface area (TPSA) is 69.6 Å². The molecule has 0 saturated heterocycles. The van der Waals surface area contributed by atoms with Crippen LogP contribution in [0.25, 0.3) is 0 Å². The van der Waals surface area contributed by atoms with E-state index < -0.39 is 12.1 Å². The maximum Gasteiger partial charge on any atom is 0.220 e. The third-order valence-corrected chi connectivity index (χ3v) is 14.0. The zero-order valence-electron chi connectivity index (χ0n) is 45.9. The van der Waals surface area contributed by atoms with E-state index in [1.807, 2.05) is 6.08 Å². The van der Waals surface area contributed by atoms with Crippen LogP contribution in [0.5, 0.6) is 0 Å². The molecular formula is C64H119NO3. The molecule has 4 heteroatoms. The molecule has 0 aromatic rings. The molecule has 0 fully saturated rings. The van der Waals surface area contributed by atoms with Gasteiger partial charge in [-0.05, 0) is 57.8 Å². The van der Waals surface area contributed by atoms with Crippen LogP contribution in [0.15, 0.2) is 60.8 Å². The molecule has 0 aliphatic carbocycles. The van der Waals surface area contributed by atoms with Crippen LogP contribution in [0.2, 0.25) is 0 Å². The van der Waals surface area contributed by atoms with Crippen molar-refractivity contribution < 1.29 is 15.0 Å². The van der Waals surface area contributed by atoms with Crippen molar-refractivity contribution in [1.82, 2.24) is 5.32 Å². The highest BCUT2D eigenvalue weighted by Crippen LogP contribution is 2.18. The van der Waals surface area contributed by atoms with E-state index in [9.17, 15) is 15.0 Å². The fraction of sp³-hybridized carbons (Fsp3) is 0.828. The van der Waals surface area contributed by atoms with Crippen molar-refractivity contribution in [2.45, 2.75) is 334 Å². The number of unbranched alkanes of at least 4 members (excludes halogenated alkanes) is 41. The van der Waals surface area contributed by atoms with E-state index in [4.69, 9.17) is 0 Å². The van der Waals surface area contributed by atoms with Gasteiger partial charge in [0.2, 0.25) is 5.91 Å². The molecule has 2 unspecified atom stereocenters. The van der Waals surface area contributed by atoms with Crippen LogP contribution >= 0.6 is 0 Å². The van der Waals surface area contributed by atoms with E-state index in [0.29, 0.717) is 6.42 Å². The third-order valence-electron chi connectivity index (χ3n) is 14.0. The number of amides is 1. The highest BCUT2D eigenvalue weighted by Gasteiger charge is 2.18. The van der Waals surface area contributed by atoms with Gasteiger partial charge in [0.1, 0.15) is 0 Å². The van der Waals surface area contributed by atoms with Crippen molar-refractivity contribution in [2.24, 2.45) is 0 Å². The number of rotatable bonds is 56. The molecule has 2 atom stereocenters. The van der Waals surface area contributed by atoms with Gasteiger partial charge in [-0.2, -0.15) is 0 Å². The van der Waals surface area contributed by atoms with Gasteiger partial charge in [0.25, 0.3) is 0 Å². The number of aliphatic hydroxyl groups excluding tert-OH is 2. The van der Waals surface area contributed by atoms with Crippen LogP contribution in [0, 0.1) is 0 Å². The Kier molecular flexibility index (Phi) is 57.7. The van der Waals surface area contributed by atoms with Crippen LogP contribution in [-0.2, 0) is 4.79 Å². The summed E-state index contributed by atoms with van der Waals surface area (Å²) in [6.45, 7) is 4.22. The quantitative estimate of drug-likeness (QED) is 0.0420. The summed E-state index contributed by atoms with van der Waals surface area (Å²) in [6, 6.07) is -0.620. The van der Waals surface area contributed by atoms with Crippen LogP contribution in [0.1, 0.15) is 322 Å². The molecule has 0 aliphatic heterocycles. The first kappa shape index (κ1) is 66.1. The minimum Gasteiger partial charge on any atom is -0.394 e. The third kappa shape index (κ3) is 55.0. The first-order chi connectivity index (χ1) is 33.7.